The van der Waals surface area contributed by atoms with Gasteiger partial charge in [0.2, 0.25) is 0 Å². The molecule has 0 saturated carbocycles. The number of aliphatic hydroxyl groups is 1. The molecule has 170 valence electrons. The van der Waals surface area contributed by atoms with Crippen LogP contribution in [0.4, 0.5) is 5.69 Å². The molecule has 0 unspecified atom stereocenters. The number of hydrogen-bond donors (Lipinski definition) is 2. The van der Waals surface area contributed by atoms with Crippen molar-refractivity contribution in [3.63, 3.8) is 0 Å². The van der Waals surface area contributed by atoms with E-state index in [2.05, 4.69) is 5.32 Å². The second-order valence-electron chi connectivity index (χ2n) is 8.63. The zero-order valence-electron chi connectivity index (χ0n) is 19.9. The van der Waals surface area contributed by atoms with Crippen LogP contribution in [0.2, 0.25) is 0 Å². The first-order chi connectivity index (χ1) is 14.5. The Morgan fingerprint density at radius 3 is 2.26 bits per heavy atom. The predicted octanol–water partition coefficient (Wildman–Crippen LogP) is 5.35. The van der Waals surface area contributed by atoms with Gasteiger partial charge in [-0.05, 0) is 58.7 Å². The molecule has 0 aliphatic carbocycles. The van der Waals surface area contributed by atoms with E-state index in [1.807, 2.05) is 71.9 Å². The van der Waals surface area contributed by atoms with Crippen molar-refractivity contribution < 1.29 is 23.9 Å². The third-order valence-electron chi connectivity index (χ3n) is 5.84. The molecule has 0 radical (unpaired) electrons. The van der Waals surface area contributed by atoms with Gasteiger partial charge in [-0.1, -0.05) is 32.0 Å². The number of anilines is 1. The molecule has 6 nitrogen and oxygen atoms in total. The standard InChI is InChI=1S/C24H36BNO5/c1-8-18(26-20-14-12-11-13-17(20)15-22(28)29-10-3)16-19(21(27)9-2)25-30-23(4,5)24(6,7)31-25/h11-14,16,26-27H,8-10,15H2,1-7H3/b18-16+,21-19-. The van der Waals surface area contributed by atoms with Crippen LogP contribution in [0.25, 0.3) is 0 Å². The highest BCUT2D eigenvalue weighted by molar-refractivity contribution is 6.55. The normalized spacial score (nSPS) is 18.5. The molecule has 0 aromatic heterocycles. The number of carbonyl (C=O) groups is 1. The fraction of sp³-hybridized carbons (Fsp3) is 0.542. The van der Waals surface area contributed by atoms with Gasteiger partial charge in [0.05, 0.1) is 30.0 Å². The van der Waals surface area contributed by atoms with Crippen LogP contribution in [0.15, 0.2) is 47.3 Å². The van der Waals surface area contributed by atoms with Crippen molar-refractivity contribution in [3.8, 4) is 0 Å². The number of para-hydroxylation sites is 1. The van der Waals surface area contributed by atoms with Crippen molar-refractivity contribution in [2.24, 2.45) is 0 Å². The van der Waals surface area contributed by atoms with Crippen LogP contribution < -0.4 is 5.32 Å². The number of hydrogen-bond acceptors (Lipinski definition) is 6. The third-order valence-corrected chi connectivity index (χ3v) is 5.84. The lowest BCUT2D eigenvalue weighted by molar-refractivity contribution is -0.142. The lowest BCUT2D eigenvalue weighted by Gasteiger charge is -2.32. The van der Waals surface area contributed by atoms with Gasteiger partial charge >= 0.3 is 13.1 Å². The summed E-state index contributed by atoms with van der Waals surface area (Å²) < 4.78 is 17.4. The predicted molar refractivity (Wildman–Crippen MR) is 125 cm³/mol. The molecule has 0 spiro atoms. The summed E-state index contributed by atoms with van der Waals surface area (Å²) in [6.45, 7) is 14.0. The number of nitrogens with one attached hydrogen (secondary N) is 1. The molecule has 0 atom stereocenters. The zero-order valence-corrected chi connectivity index (χ0v) is 19.9. The zero-order chi connectivity index (χ0) is 23.2. The van der Waals surface area contributed by atoms with Crippen molar-refractivity contribution in [2.75, 3.05) is 11.9 Å². The van der Waals surface area contributed by atoms with E-state index in [0.717, 1.165) is 16.9 Å². The Morgan fingerprint density at radius 1 is 1.10 bits per heavy atom. The summed E-state index contributed by atoms with van der Waals surface area (Å²) in [5.41, 5.74) is 2.15. The average Bonchev–Trinajstić information content (AvgIpc) is 2.92. The molecule has 0 amide bonds. The Hall–Kier alpha value is -2.25. The van der Waals surface area contributed by atoms with Gasteiger partial charge in [0, 0.05) is 23.3 Å². The van der Waals surface area contributed by atoms with E-state index < -0.39 is 18.3 Å². The molecule has 1 fully saturated rings. The third kappa shape index (κ3) is 6.14. The second kappa shape index (κ2) is 10.4. The van der Waals surface area contributed by atoms with Crippen LogP contribution in [-0.2, 0) is 25.3 Å². The van der Waals surface area contributed by atoms with Crippen molar-refractivity contribution in [1.29, 1.82) is 0 Å². The van der Waals surface area contributed by atoms with E-state index in [0.29, 0.717) is 24.9 Å². The van der Waals surface area contributed by atoms with Crippen molar-refractivity contribution >= 4 is 18.8 Å². The Bertz CT molecular complexity index is 828. The summed E-state index contributed by atoms with van der Waals surface area (Å²) in [4.78, 5) is 12.0. The summed E-state index contributed by atoms with van der Waals surface area (Å²) in [6.07, 6.45) is 3.23. The maximum absolute atomic E-state index is 12.0. The highest BCUT2D eigenvalue weighted by Crippen LogP contribution is 2.39. The van der Waals surface area contributed by atoms with E-state index in [1.165, 1.54) is 0 Å². The van der Waals surface area contributed by atoms with Crippen molar-refractivity contribution in [1.82, 2.24) is 0 Å². The summed E-state index contributed by atoms with van der Waals surface area (Å²) >= 11 is 0. The lowest BCUT2D eigenvalue weighted by atomic mass is 9.76. The average molecular weight is 429 g/mol. The number of carbonyl (C=O) groups excluding carboxylic acids is 1. The monoisotopic (exact) mass is 429 g/mol. The van der Waals surface area contributed by atoms with Crippen LogP contribution in [0.3, 0.4) is 0 Å². The maximum Gasteiger partial charge on any atom is 0.498 e. The first-order valence-corrected chi connectivity index (χ1v) is 11.0. The van der Waals surface area contributed by atoms with Crippen LogP contribution in [0, 0.1) is 0 Å². The SMILES string of the molecule is CCOC(=O)Cc1ccccc1N/C(=C/C(B1OC(C)(C)C(C)(C)O1)=C(/O)CC)CC. The number of ether oxygens (including phenoxy) is 1. The quantitative estimate of drug-likeness (QED) is 0.239. The molecule has 0 bridgehead atoms. The minimum atomic E-state index is -0.664. The summed E-state index contributed by atoms with van der Waals surface area (Å²) in [7, 11) is -0.664. The molecule has 1 heterocycles. The minimum absolute atomic E-state index is 0.189. The molecule has 31 heavy (non-hydrogen) atoms. The van der Waals surface area contributed by atoms with Gasteiger partial charge in [-0.25, -0.2) is 0 Å². The molecule has 1 aromatic carbocycles. The van der Waals surface area contributed by atoms with Crippen LogP contribution >= 0.6 is 0 Å². The second-order valence-corrected chi connectivity index (χ2v) is 8.63. The van der Waals surface area contributed by atoms with E-state index >= 15 is 0 Å². The fourth-order valence-electron chi connectivity index (χ4n) is 3.21. The van der Waals surface area contributed by atoms with Gasteiger partial charge in [-0.2, -0.15) is 0 Å². The smallest absolute Gasteiger partial charge is 0.498 e. The van der Waals surface area contributed by atoms with E-state index in [9.17, 15) is 9.90 Å². The highest BCUT2D eigenvalue weighted by Gasteiger charge is 2.52. The van der Waals surface area contributed by atoms with Crippen LogP contribution in [0.1, 0.15) is 66.9 Å². The topological polar surface area (TPSA) is 77.0 Å². The van der Waals surface area contributed by atoms with Gasteiger partial charge in [0.1, 0.15) is 0 Å². The molecule has 1 aliphatic rings. The van der Waals surface area contributed by atoms with Gasteiger partial charge < -0.3 is 24.5 Å². The van der Waals surface area contributed by atoms with Gasteiger partial charge in [-0.15, -0.1) is 0 Å². The highest BCUT2D eigenvalue weighted by atomic mass is 16.7. The molecule has 1 aliphatic heterocycles. The van der Waals surface area contributed by atoms with Gasteiger partial charge in [0.15, 0.2) is 0 Å². The van der Waals surface area contributed by atoms with E-state index in [1.54, 1.807) is 6.92 Å². The lowest BCUT2D eigenvalue weighted by Crippen LogP contribution is -2.41. The minimum Gasteiger partial charge on any atom is -0.513 e. The number of benzene rings is 1. The van der Waals surface area contributed by atoms with Crippen LogP contribution in [0.5, 0.6) is 0 Å². The summed E-state index contributed by atoms with van der Waals surface area (Å²) in [6, 6.07) is 7.64. The number of allylic oxidation sites excluding steroid dienone is 4. The van der Waals surface area contributed by atoms with Gasteiger partial charge in [-0.3, -0.25) is 4.79 Å². The maximum atomic E-state index is 12.0. The first-order valence-electron chi connectivity index (χ1n) is 11.0. The summed E-state index contributed by atoms with van der Waals surface area (Å²) in [5.74, 6) is -0.0359. The number of rotatable bonds is 9. The molecular weight excluding hydrogens is 393 g/mol. The Morgan fingerprint density at radius 2 is 1.71 bits per heavy atom. The molecule has 1 aromatic rings. The van der Waals surface area contributed by atoms with E-state index in [4.69, 9.17) is 14.0 Å². The number of esters is 1. The van der Waals surface area contributed by atoms with Gasteiger partial charge in [0.25, 0.3) is 0 Å². The first kappa shape index (κ1) is 25.0. The molecule has 1 saturated heterocycles. The molecule has 2 N–H and O–H groups in total. The van der Waals surface area contributed by atoms with Crippen molar-refractivity contribution in [3.05, 3.63) is 52.8 Å². The Labute approximate surface area is 186 Å². The molecule has 2 rings (SSSR count). The van der Waals surface area contributed by atoms with E-state index in [-0.39, 0.29) is 18.1 Å². The Kier molecular flexibility index (Phi) is 8.38. The summed E-state index contributed by atoms with van der Waals surface area (Å²) in [5, 5.41) is 14.1. The molecule has 7 heteroatoms. The van der Waals surface area contributed by atoms with Crippen LogP contribution in [-0.4, -0.2) is 36.0 Å². The number of aliphatic hydroxyl groups excluding tert-OH is 1. The molecular formula is C24H36BNO5. The largest absolute Gasteiger partial charge is 0.513 e. The van der Waals surface area contributed by atoms with Crippen molar-refractivity contribution in [2.45, 2.75) is 78.9 Å². The fourth-order valence-corrected chi connectivity index (χ4v) is 3.21. The Balaban J connectivity index is 2.34.